The number of nitrogens with two attached hydrogens (primary N) is 1. The van der Waals surface area contributed by atoms with Crippen molar-refractivity contribution in [3.8, 4) is 0 Å². The van der Waals surface area contributed by atoms with Crippen LogP contribution in [0.4, 0.5) is 5.69 Å². The molecule has 0 aliphatic rings. The highest BCUT2D eigenvalue weighted by atomic mass is 16.5. The summed E-state index contributed by atoms with van der Waals surface area (Å²) >= 11 is 0. The second kappa shape index (κ2) is 5.30. The molecule has 0 bridgehead atoms. The van der Waals surface area contributed by atoms with Gasteiger partial charge >= 0.3 is 5.97 Å². The Morgan fingerprint density at radius 2 is 1.81 bits per heavy atom. The molecule has 0 amide bonds. The number of esters is 1. The number of hydrogen-bond acceptors (Lipinski definition) is 4. The summed E-state index contributed by atoms with van der Waals surface area (Å²) in [5.41, 5.74) is 6.46. The molecule has 0 saturated carbocycles. The topological polar surface area (TPSA) is 69.4 Å². The molecular formula is C12H15NO3. The van der Waals surface area contributed by atoms with Gasteiger partial charge in [-0.05, 0) is 24.3 Å². The zero-order chi connectivity index (χ0) is 12.1. The van der Waals surface area contributed by atoms with Crippen LogP contribution in [0.5, 0.6) is 0 Å². The van der Waals surface area contributed by atoms with E-state index in [4.69, 9.17) is 10.5 Å². The van der Waals surface area contributed by atoms with Crippen molar-refractivity contribution in [1.82, 2.24) is 0 Å². The predicted molar refractivity (Wildman–Crippen MR) is 61.0 cm³/mol. The lowest BCUT2D eigenvalue weighted by molar-refractivity contribution is -0.125. The molecule has 1 aromatic carbocycles. The number of carbonyl (C=O) groups excluding carboxylic acids is 2. The van der Waals surface area contributed by atoms with Crippen LogP contribution in [0.1, 0.15) is 24.2 Å². The molecule has 0 aliphatic carbocycles. The second-order valence-corrected chi connectivity index (χ2v) is 3.82. The number of Topliss-reactive ketones (excluding diaryl/α,β-unsaturated/α-hetero) is 1. The van der Waals surface area contributed by atoms with Gasteiger partial charge in [0.15, 0.2) is 12.4 Å². The fourth-order valence-corrected chi connectivity index (χ4v) is 1.01. The van der Waals surface area contributed by atoms with E-state index in [2.05, 4.69) is 0 Å². The van der Waals surface area contributed by atoms with Crippen molar-refractivity contribution < 1.29 is 14.3 Å². The maximum atomic E-state index is 11.5. The summed E-state index contributed by atoms with van der Waals surface area (Å²) in [6, 6.07) is 6.36. The van der Waals surface area contributed by atoms with Gasteiger partial charge in [0.05, 0.1) is 5.56 Å². The van der Waals surface area contributed by atoms with Crippen LogP contribution in [-0.4, -0.2) is 18.4 Å². The number of hydrogen-bond donors (Lipinski definition) is 1. The fraction of sp³-hybridized carbons (Fsp3) is 0.333. The lowest BCUT2D eigenvalue weighted by Gasteiger charge is -2.06. The zero-order valence-electron chi connectivity index (χ0n) is 9.40. The van der Waals surface area contributed by atoms with Crippen LogP contribution in [-0.2, 0) is 9.53 Å². The van der Waals surface area contributed by atoms with Gasteiger partial charge in [-0.15, -0.1) is 0 Å². The van der Waals surface area contributed by atoms with Gasteiger partial charge < -0.3 is 10.5 Å². The van der Waals surface area contributed by atoms with Gasteiger partial charge in [-0.2, -0.15) is 0 Å². The van der Waals surface area contributed by atoms with E-state index in [1.807, 2.05) is 0 Å². The molecule has 0 atom stereocenters. The first-order chi connectivity index (χ1) is 7.50. The van der Waals surface area contributed by atoms with E-state index in [1.165, 1.54) is 0 Å². The molecule has 4 heteroatoms. The van der Waals surface area contributed by atoms with Crippen LogP contribution in [0, 0.1) is 5.92 Å². The summed E-state index contributed by atoms with van der Waals surface area (Å²) in [7, 11) is 0. The fourth-order valence-electron chi connectivity index (χ4n) is 1.01. The highest BCUT2D eigenvalue weighted by Gasteiger charge is 2.12. The Bertz CT molecular complexity index is 382. The number of rotatable bonds is 4. The van der Waals surface area contributed by atoms with Crippen LogP contribution in [0.25, 0.3) is 0 Å². The van der Waals surface area contributed by atoms with Crippen molar-refractivity contribution in [2.24, 2.45) is 5.92 Å². The monoisotopic (exact) mass is 221 g/mol. The van der Waals surface area contributed by atoms with Gasteiger partial charge in [-0.25, -0.2) is 4.79 Å². The average molecular weight is 221 g/mol. The number of ketones is 1. The second-order valence-electron chi connectivity index (χ2n) is 3.82. The summed E-state index contributed by atoms with van der Waals surface area (Å²) < 4.78 is 4.86. The Morgan fingerprint density at radius 1 is 1.25 bits per heavy atom. The Balaban J connectivity index is 2.53. The molecular weight excluding hydrogens is 206 g/mol. The Hall–Kier alpha value is -1.84. The number of nitrogen functional groups attached to an aromatic ring is 1. The normalized spacial score (nSPS) is 10.2. The number of anilines is 1. The van der Waals surface area contributed by atoms with Gasteiger partial charge in [0, 0.05) is 11.6 Å². The van der Waals surface area contributed by atoms with Gasteiger partial charge in [0.2, 0.25) is 0 Å². The first-order valence-corrected chi connectivity index (χ1v) is 5.06. The molecule has 1 rings (SSSR count). The van der Waals surface area contributed by atoms with E-state index in [-0.39, 0.29) is 18.3 Å². The van der Waals surface area contributed by atoms with Crippen LogP contribution < -0.4 is 5.73 Å². The lowest BCUT2D eigenvalue weighted by Crippen LogP contribution is -2.18. The lowest BCUT2D eigenvalue weighted by atomic mass is 10.1. The van der Waals surface area contributed by atoms with Crippen LogP contribution in [0.2, 0.25) is 0 Å². The van der Waals surface area contributed by atoms with Gasteiger partial charge in [-0.3, -0.25) is 4.79 Å². The maximum Gasteiger partial charge on any atom is 0.338 e. The molecule has 0 spiro atoms. The minimum Gasteiger partial charge on any atom is -0.454 e. The minimum atomic E-state index is -0.506. The van der Waals surface area contributed by atoms with E-state index in [1.54, 1.807) is 38.1 Å². The van der Waals surface area contributed by atoms with Crippen molar-refractivity contribution in [2.75, 3.05) is 12.3 Å². The van der Waals surface area contributed by atoms with Crippen LogP contribution >= 0.6 is 0 Å². The van der Waals surface area contributed by atoms with Crippen LogP contribution in [0.3, 0.4) is 0 Å². The molecule has 1 aromatic rings. The van der Waals surface area contributed by atoms with Gasteiger partial charge in [0.1, 0.15) is 0 Å². The molecule has 0 radical (unpaired) electrons. The Kier molecular flexibility index (Phi) is 4.05. The van der Waals surface area contributed by atoms with Crippen molar-refractivity contribution in [3.63, 3.8) is 0 Å². The standard InChI is InChI=1S/C12H15NO3/c1-8(2)11(14)7-16-12(15)9-3-5-10(13)6-4-9/h3-6,8H,7,13H2,1-2H3. The molecule has 16 heavy (non-hydrogen) atoms. The number of benzene rings is 1. The smallest absolute Gasteiger partial charge is 0.338 e. The minimum absolute atomic E-state index is 0.0937. The summed E-state index contributed by atoms with van der Waals surface area (Å²) in [6.07, 6.45) is 0. The molecule has 4 nitrogen and oxygen atoms in total. The third kappa shape index (κ3) is 3.38. The number of carbonyl (C=O) groups is 2. The predicted octanol–water partition coefficient (Wildman–Crippen LogP) is 1.65. The third-order valence-electron chi connectivity index (χ3n) is 2.14. The average Bonchev–Trinajstić information content (AvgIpc) is 2.26. The Morgan fingerprint density at radius 3 is 2.31 bits per heavy atom. The van der Waals surface area contributed by atoms with E-state index in [0.29, 0.717) is 11.3 Å². The van der Waals surface area contributed by atoms with Crippen molar-refractivity contribution in [2.45, 2.75) is 13.8 Å². The summed E-state index contributed by atoms with van der Waals surface area (Å²) in [5.74, 6) is -0.725. The SMILES string of the molecule is CC(C)C(=O)COC(=O)c1ccc(N)cc1. The molecule has 0 aliphatic heterocycles. The molecule has 0 saturated heterocycles. The number of ether oxygens (including phenoxy) is 1. The first-order valence-electron chi connectivity index (χ1n) is 5.06. The summed E-state index contributed by atoms with van der Waals surface area (Å²) in [4.78, 5) is 22.7. The molecule has 2 N–H and O–H groups in total. The van der Waals surface area contributed by atoms with E-state index < -0.39 is 5.97 Å². The van der Waals surface area contributed by atoms with E-state index in [9.17, 15) is 9.59 Å². The maximum absolute atomic E-state index is 11.5. The highest BCUT2D eigenvalue weighted by Crippen LogP contribution is 2.07. The van der Waals surface area contributed by atoms with Crippen molar-refractivity contribution >= 4 is 17.4 Å². The quantitative estimate of drug-likeness (QED) is 0.620. The third-order valence-corrected chi connectivity index (χ3v) is 2.14. The zero-order valence-corrected chi connectivity index (χ0v) is 9.40. The molecule has 0 heterocycles. The molecule has 0 fully saturated rings. The highest BCUT2D eigenvalue weighted by molar-refractivity contribution is 5.92. The Labute approximate surface area is 94.4 Å². The van der Waals surface area contributed by atoms with Crippen molar-refractivity contribution in [1.29, 1.82) is 0 Å². The van der Waals surface area contributed by atoms with Gasteiger partial charge in [-0.1, -0.05) is 13.8 Å². The van der Waals surface area contributed by atoms with E-state index in [0.717, 1.165) is 0 Å². The largest absolute Gasteiger partial charge is 0.454 e. The molecule has 86 valence electrons. The van der Waals surface area contributed by atoms with Gasteiger partial charge in [0.25, 0.3) is 0 Å². The van der Waals surface area contributed by atoms with Crippen molar-refractivity contribution in [3.05, 3.63) is 29.8 Å². The molecule has 0 unspecified atom stereocenters. The summed E-state index contributed by atoms with van der Waals surface area (Å²) in [6.45, 7) is 3.35. The summed E-state index contributed by atoms with van der Waals surface area (Å²) in [5, 5.41) is 0. The van der Waals surface area contributed by atoms with E-state index >= 15 is 0 Å². The first kappa shape index (κ1) is 12.2. The van der Waals surface area contributed by atoms with Crippen LogP contribution in [0.15, 0.2) is 24.3 Å². The molecule has 0 aromatic heterocycles.